The van der Waals surface area contributed by atoms with Gasteiger partial charge < -0.3 is 9.88 Å². The number of carbonyl (C=O) groups excluding carboxylic acids is 1. The molecule has 1 saturated carbocycles. The number of rotatable bonds is 6. The Morgan fingerprint density at radius 3 is 2.73 bits per heavy atom. The minimum Gasteiger partial charge on any atom is -0.348 e. The molecule has 2 aromatic rings. The van der Waals surface area contributed by atoms with E-state index in [0.29, 0.717) is 24.6 Å². The Labute approximate surface area is 154 Å². The van der Waals surface area contributed by atoms with Gasteiger partial charge in [-0.15, -0.1) is 0 Å². The number of fused-ring (bicyclic) bond motifs is 4. The fourth-order valence-electron chi connectivity index (χ4n) is 4.49. The molecule has 2 unspecified atom stereocenters. The van der Waals surface area contributed by atoms with Gasteiger partial charge in [0.05, 0.1) is 0 Å². The Morgan fingerprint density at radius 1 is 1.31 bits per heavy atom. The zero-order chi connectivity index (χ0) is 18.3. The molecule has 1 aromatic carbocycles. The zero-order valence-corrected chi connectivity index (χ0v) is 15.5. The van der Waals surface area contributed by atoms with Gasteiger partial charge in [-0.2, -0.15) is 0 Å². The molecule has 136 valence electrons. The number of carbonyl (C=O) groups is 1. The molecule has 2 aliphatic rings. The van der Waals surface area contributed by atoms with Gasteiger partial charge in [-0.3, -0.25) is 9.59 Å². The Balaban J connectivity index is 1.65. The highest BCUT2D eigenvalue weighted by Gasteiger charge is 2.56. The van der Waals surface area contributed by atoms with Gasteiger partial charge in [0.25, 0.3) is 11.5 Å². The molecule has 0 spiro atoms. The molecule has 1 amide bonds. The maximum absolute atomic E-state index is 13.0. The molecule has 4 heteroatoms. The van der Waals surface area contributed by atoms with E-state index in [-0.39, 0.29) is 16.9 Å². The van der Waals surface area contributed by atoms with E-state index in [2.05, 4.69) is 19.2 Å². The molecule has 4 rings (SSSR count). The molecule has 1 aromatic heterocycles. The molecule has 26 heavy (non-hydrogen) atoms. The van der Waals surface area contributed by atoms with E-state index in [0.717, 1.165) is 31.2 Å². The van der Waals surface area contributed by atoms with Crippen LogP contribution in [0.1, 0.15) is 72.6 Å². The third kappa shape index (κ3) is 2.51. The van der Waals surface area contributed by atoms with Crippen molar-refractivity contribution < 1.29 is 4.79 Å². The lowest BCUT2D eigenvalue weighted by molar-refractivity contribution is 0.0945. The molecule has 2 aliphatic carbocycles. The van der Waals surface area contributed by atoms with Crippen LogP contribution in [-0.2, 0) is 18.5 Å². The van der Waals surface area contributed by atoms with Crippen molar-refractivity contribution in [2.75, 3.05) is 0 Å². The minimum absolute atomic E-state index is 0.128. The van der Waals surface area contributed by atoms with Crippen LogP contribution in [0.4, 0.5) is 0 Å². The molecule has 1 heterocycles. The van der Waals surface area contributed by atoms with Crippen LogP contribution >= 0.6 is 0 Å². The average Bonchev–Trinajstić information content (AvgIpc) is 2.65. The van der Waals surface area contributed by atoms with Gasteiger partial charge >= 0.3 is 0 Å². The van der Waals surface area contributed by atoms with Gasteiger partial charge in [-0.25, -0.2) is 0 Å². The van der Waals surface area contributed by atoms with Gasteiger partial charge in [0.15, 0.2) is 0 Å². The normalized spacial score (nSPS) is 22.6. The third-order valence-corrected chi connectivity index (χ3v) is 6.27. The van der Waals surface area contributed by atoms with Crippen LogP contribution in [-0.4, -0.2) is 10.5 Å². The lowest BCUT2D eigenvalue weighted by Gasteiger charge is -2.58. The largest absolute Gasteiger partial charge is 0.348 e. The predicted octanol–water partition coefficient (Wildman–Crippen LogP) is 3.73. The summed E-state index contributed by atoms with van der Waals surface area (Å²) < 4.78 is 1.89. The van der Waals surface area contributed by atoms with Gasteiger partial charge in [0.1, 0.15) is 5.56 Å². The summed E-state index contributed by atoms with van der Waals surface area (Å²) in [7, 11) is 0. The first-order valence-corrected chi connectivity index (χ1v) is 9.66. The molecule has 0 radical (unpaired) electrons. The van der Waals surface area contributed by atoms with Gasteiger partial charge in [0, 0.05) is 30.1 Å². The molecular formula is C22H26N2O2. The maximum Gasteiger partial charge on any atom is 0.263 e. The van der Waals surface area contributed by atoms with Crippen LogP contribution in [0.2, 0.25) is 0 Å². The first-order valence-electron chi connectivity index (χ1n) is 9.66. The standard InChI is InChI=1S/C22H26N2O2/c1-3-4-12-24-19-17-10-11-22(17,2)18(19)13-16(21(24)26)20(25)23-14-15-8-6-5-7-9-15/h5-9,13,17H,3-4,10-12,14H2,1-2H3,(H,23,25). The number of benzene rings is 1. The van der Waals surface area contributed by atoms with Crippen molar-refractivity contribution >= 4 is 5.91 Å². The highest BCUT2D eigenvalue weighted by Crippen LogP contribution is 2.63. The minimum atomic E-state index is -0.265. The number of pyridine rings is 1. The second kappa shape index (κ2) is 6.42. The smallest absolute Gasteiger partial charge is 0.263 e. The van der Waals surface area contributed by atoms with Crippen LogP contribution in [0, 0.1) is 0 Å². The lowest BCUT2D eigenvalue weighted by Crippen LogP contribution is -2.54. The summed E-state index contributed by atoms with van der Waals surface area (Å²) in [4.78, 5) is 25.8. The topological polar surface area (TPSA) is 51.1 Å². The number of aromatic nitrogens is 1. The fraction of sp³-hybridized carbons (Fsp3) is 0.455. The Hall–Kier alpha value is -2.36. The summed E-state index contributed by atoms with van der Waals surface area (Å²) in [6.07, 6.45) is 4.31. The van der Waals surface area contributed by atoms with Crippen molar-refractivity contribution in [3.8, 4) is 0 Å². The summed E-state index contributed by atoms with van der Waals surface area (Å²) in [6, 6.07) is 11.7. The predicted molar refractivity (Wildman–Crippen MR) is 103 cm³/mol. The summed E-state index contributed by atoms with van der Waals surface area (Å²) in [5.41, 5.74) is 3.78. The van der Waals surface area contributed by atoms with Gasteiger partial charge in [-0.1, -0.05) is 50.6 Å². The molecule has 1 N–H and O–H groups in total. The second-order valence-corrected chi connectivity index (χ2v) is 7.84. The molecule has 0 saturated heterocycles. The number of hydrogen-bond acceptors (Lipinski definition) is 2. The SMILES string of the molecule is CCCCn1c2c(cc(C(=O)NCc3ccccc3)c1=O)C1(C)CCC21. The van der Waals surface area contributed by atoms with E-state index in [4.69, 9.17) is 0 Å². The van der Waals surface area contributed by atoms with E-state index in [1.807, 2.05) is 41.0 Å². The molecular weight excluding hydrogens is 324 g/mol. The monoisotopic (exact) mass is 350 g/mol. The zero-order valence-electron chi connectivity index (χ0n) is 15.5. The Morgan fingerprint density at radius 2 is 2.08 bits per heavy atom. The van der Waals surface area contributed by atoms with E-state index in [9.17, 15) is 9.59 Å². The third-order valence-electron chi connectivity index (χ3n) is 6.27. The average molecular weight is 350 g/mol. The van der Waals surface area contributed by atoms with Crippen molar-refractivity contribution in [2.45, 2.75) is 64.0 Å². The van der Waals surface area contributed by atoms with Crippen molar-refractivity contribution in [1.82, 2.24) is 9.88 Å². The van der Waals surface area contributed by atoms with E-state index < -0.39 is 0 Å². The maximum atomic E-state index is 13.0. The summed E-state index contributed by atoms with van der Waals surface area (Å²) in [5, 5.41) is 2.91. The van der Waals surface area contributed by atoms with Crippen molar-refractivity contribution in [2.24, 2.45) is 0 Å². The molecule has 4 nitrogen and oxygen atoms in total. The molecule has 1 fully saturated rings. The van der Waals surface area contributed by atoms with Gasteiger partial charge in [-0.05, 0) is 36.5 Å². The molecule has 2 atom stereocenters. The van der Waals surface area contributed by atoms with Crippen LogP contribution in [0.3, 0.4) is 0 Å². The number of unbranched alkanes of at least 4 members (excludes halogenated alkanes) is 1. The number of hydrogen-bond donors (Lipinski definition) is 1. The van der Waals surface area contributed by atoms with Crippen LogP contribution in [0.5, 0.6) is 0 Å². The van der Waals surface area contributed by atoms with Crippen LogP contribution < -0.4 is 10.9 Å². The van der Waals surface area contributed by atoms with Crippen LogP contribution in [0.25, 0.3) is 0 Å². The molecule has 0 bridgehead atoms. The summed E-state index contributed by atoms with van der Waals surface area (Å²) >= 11 is 0. The quantitative estimate of drug-likeness (QED) is 0.863. The Kier molecular flexibility index (Phi) is 4.22. The van der Waals surface area contributed by atoms with E-state index in [1.54, 1.807) is 0 Å². The molecule has 0 aliphatic heterocycles. The van der Waals surface area contributed by atoms with E-state index >= 15 is 0 Å². The fourth-order valence-corrected chi connectivity index (χ4v) is 4.49. The summed E-state index contributed by atoms with van der Waals surface area (Å²) in [6.45, 7) is 5.54. The van der Waals surface area contributed by atoms with Crippen molar-refractivity contribution in [3.63, 3.8) is 0 Å². The number of nitrogens with one attached hydrogen (secondary N) is 1. The van der Waals surface area contributed by atoms with Crippen LogP contribution in [0.15, 0.2) is 41.2 Å². The highest BCUT2D eigenvalue weighted by molar-refractivity contribution is 5.94. The van der Waals surface area contributed by atoms with Gasteiger partial charge in [0.2, 0.25) is 0 Å². The lowest BCUT2D eigenvalue weighted by atomic mass is 9.47. The summed E-state index contributed by atoms with van der Waals surface area (Å²) in [5.74, 6) is 0.238. The van der Waals surface area contributed by atoms with Crippen molar-refractivity contribution in [3.05, 3.63) is 69.1 Å². The van der Waals surface area contributed by atoms with E-state index in [1.165, 1.54) is 11.3 Å². The first-order chi connectivity index (χ1) is 12.6. The number of amides is 1. The highest BCUT2D eigenvalue weighted by atomic mass is 16.2. The van der Waals surface area contributed by atoms with Crippen molar-refractivity contribution in [1.29, 1.82) is 0 Å². The number of nitrogens with zero attached hydrogens (tertiary/aromatic N) is 1. The first kappa shape index (κ1) is 17.1. The second-order valence-electron chi connectivity index (χ2n) is 7.84. The Bertz CT molecular complexity index is 900.